The number of rotatable bonds is 12. The van der Waals surface area contributed by atoms with Gasteiger partial charge in [0.2, 0.25) is 5.91 Å². The van der Waals surface area contributed by atoms with Crippen LogP contribution in [-0.2, 0) is 11.2 Å². The Morgan fingerprint density at radius 1 is 1.07 bits per heavy atom. The van der Waals surface area contributed by atoms with E-state index in [2.05, 4.69) is 10.3 Å². The van der Waals surface area contributed by atoms with E-state index in [-0.39, 0.29) is 35.6 Å². The second-order valence-electron chi connectivity index (χ2n) is 10.6. The average molecular weight is 620 g/mol. The SMILES string of the molecule is CC(C)C[C@H](C(=O)N[C@@H](Cc1cc(F)cc(F)c1)c1ncccc1-c1ccc(F)c(C(N)=O)c1)N(C)/C=C\C(=N)C(F)(F)F. The number of hydrogen-bond donors (Lipinski definition) is 3. The highest BCUT2D eigenvalue weighted by atomic mass is 19.4. The second-order valence-corrected chi connectivity index (χ2v) is 10.6. The summed E-state index contributed by atoms with van der Waals surface area (Å²) >= 11 is 0. The van der Waals surface area contributed by atoms with Gasteiger partial charge in [-0.15, -0.1) is 0 Å². The lowest BCUT2D eigenvalue weighted by Gasteiger charge is -2.30. The summed E-state index contributed by atoms with van der Waals surface area (Å²) in [5, 5.41) is 10.0. The van der Waals surface area contributed by atoms with E-state index < -0.39 is 53.2 Å². The van der Waals surface area contributed by atoms with E-state index >= 15 is 0 Å². The molecule has 2 amide bonds. The predicted molar refractivity (Wildman–Crippen MR) is 153 cm³/mol. The molecule has 0 bridgehead atoms. The fraction of sp³-hybridized carbons (Fsp3) is 0.290. The monoisotopic (exact) mass is 619 g/mol. The van der Waals surface area contributed by atoms with Crippen LogP contribution in [0.5, 0.6) is 0 Å². The van der Waals surface area contributed by atoms with Crippen molar-refractivity contribution < 1.29 is 35.9 Å². The minimum absolute atomic E-state index is 0.0868. The van der Waals surface area contributed by atoms with Crippen molar-refractivity contribution in [1.82, 2.24) is 15.2 Å². The molecular formula is C31H31F6N5O2. The summed E-state index contributed by atoms with van der Waals surface area (Å²) in [5.74, 6) is -4.30. The van der Waals surface area contributed by atoms with Crippen LogP contribution in [0.3, 0.4) is 0 Å². The van der Waals surface area contributed by atoms with Gasteiger partial charge in [-0.05, 0) is 66.3 Å². The first kappa shape index (κ1) is 33.8. The van der Waals surface area contributed by atoms with Gasteiger partial charge >= 0.3 is 6.18 Å². The van der Waals surface area contributed by atoms with Crippen LogP contribution in [0.2, 0.25) is 0 Å². The first-order valence-electron chi connectivity index (χ1n) is 13.4. The molecule has 0 unspecified atom stereocenters. The molecule has 0 saturated heterocycles. The van der Waals surface area contributed by atoms with Crippen molar-refractivity contribution >= 4 is 17.5 Å². The molecule has 0 spiro atoms. The summed E-state index contributed by atoms with van der Waals surface area (Å²) in [6, 6.07) is 7.56. The third-order valence-corrected chi connectivity index (χ3v) is 6.66. The largest absolute Gasteiger partial charge is 0.432 e. The van der Waals surface area contributed by atoms with Gasteiger partial charge in [0, 0.05) is 31.1 Å². The average Bonchev–Trinajstić information content (AvgIpc) is 2.93. The summed E-state index contributed by atoms with van der Waals surface area (Å²) in [6.07, 6.45) is -1.91. The van der Waals surface area contributed by atoms with Crippen LogP contribution < -0.4 is 11.1 Å². The van der Waals surface area contributed by atoms with Gasteiger partial charge in [-0.25, -0.2) is 13.2 Å². The zero-order valence-electron chi connectivity index (χ0n) is 24.1. The minimum Gasteiger partial charge on any atom is -0.369 e. The first-order chi connectivity index (χ1) is 20.6. The van der Waals surface area contributed by atoms with Gasteiger partial charge in [0.1, 0.15) is 29.2 Å². The molecule has 0 fully saturated rings. The predicted octanol–water partition coefficient (Wildman–Crippen LogP) is 6.11. The van der Waals surface area contributed by atoms with Gasteiger partial charge in [-0.1, -0.05) is 26.0 Å². The Kier molecular flexibility index (Phi) is 10.9. The third kappa shape index (κ3) is 8.91. The molecule has 7 nitrogen and oxygen atoms in total. The Labute approximate surface area is 250 Å². The number of benzene rings is 2. The van der Waals surface area contributed by atoms with Crippen LogP contribution in [-0.4, -0.2) is 46.7 Å². The van der Waals surface area contributed by atoms with E-state index in [1.165, 1.54) is 30.3 Å². The number of likely N-dealkylation sites (N-methyl/N-ethyl adjacent to an activating group) is 1. The van der Waals surface area contributed by atoms with Crippen LogP contribution in [0.4, 0.5) is 26.3 Å². The van der Waals surface area contributed by atoms with Crippen LogP contribution in [0, 0.1) is 28.8 Å². The lowest BCUT2D eigenvalue weighted by atomic mass is 9.93. The van der Waals surface area contributed by atoms with E-state index in [1.807, 2.05) is 13.8 Å². The Hall–Kier alpha value is -4.68. The van der Waals surface area contributed by atoms with E-state index in [1.54, 1.807) is 12.1 Å². The van der Waals surface area contributed by atoms with Crippen LogP contribution in [0.1, 0.15) is 47.9 Å². The fourth-order valence-corrected chi connectivity index (χ4v) is 4.56. The number of pyridine rings is 1. The molecule has 0 aliphatic rings. The molecule has 3 aromatic rings. The number of nitrogens with one attached hydrogen (secondary N) is 2. The summed E-state index contributed by atoms with van der Waals surface area (Å²) in [5.41, 5.74) is 4.35. The smallest absolute Gasteiger partial charge is 0.369 e. The van der Waals surface area contributed by atoms with Crippen molar-refractivity contribution in [2.45, 2.75) is 44.9 Å². The summed E-state index contributed by atoms with van der Waals surface area (Å²) in [6.45, 7) is 3.62. The van der Waals surface area contributed by atoms with E-state index in [0.717, 1.165) is 24.4 Å². The van der Waals surface area contributed by atoms with Gasteiger partial charge in [0.25, 0.3) is 5.91 Å². The lowest BCUT2D eigenvalue weighted by Crippen LogP contribution is -2.45. The second kappa shape index (κ2) is 14.2. The molecule has 0 aliphatic carbocycles. The number of nitrogens with zero attached hydrogens (tertiary/aromatic N) is 2. The van der Waals surface area contributed by atoms with Crippen molar-refractivity contribution in [2.24, 2.45) is 11.7 Å². The molecule has 3 rings (SSSR count). The van der Waals surface area contributed by atoms with Gasteiger partial charge in [-0.2, -0.15) is 13.2 Å². The molecule has 234 valence electrons. The maximum Gasteiger partial charge on any atom is 0.432 e. The zero-order valence-corrected chi connectivity index (χ0v) is 24.1. The van der Waals surface area contributed by atoms with E-state index in [9.17, 15) is 35.9 Å². The maximum absolute atomic E-state index is 14.2. The number of hydrogen-bond acceptors (Lipinski definition) is 5. The molecule has 0 radical (unpaired) electrons. The Bertz CT molecular complexity index is 1540. The molecule has 2 aromatic carbocycles. The quantitative estimate of drug-likeness (QED) is 0.168. The lowest BCUT2D eigenvalue weighted by molar-refractivity contribution is -0.126. The number of alkyl halides is 3. The molecule has 1 aromatic heterocycles. The van der Waals surface area contributed by atoms with Crippen molar-refractivity contribution in [3.63, 3.8) is 0 Å². The Balaban J connectivity index is 2.08. The first-order valence-corrected chi connectivity index (χ1v) is 13.4. The summed E-state index contributed by atoms with van der Waals surface area (Å²) < 4.78 is 81.1. The molecule has 0 aliphatic heterocycles. The molecule has 0 saturated carbocycles. The summed E-state index contributed by atoms with van der Waals surface area (Å²) in [7, 11) is 1.39. The number of carbonyl (C=O) groups is 2. The topological polar surface area (TPSA) is 112 Å². The zero-order chi connectivity index (χ0) is 32.8. The van der Waals surface area contributed by atoms with Crippen LogP contribution in [0.15, 0.2) is 67.0 Å². The fourth-order valence-electron chi connectivity index (χ4n) is 4.56. The highest BCUT2D eigenvalue weighted by Crippen LogP contribution is 2.31. The van der Waals surface area contributed by atoms with Gasteiger partial charge in [0.15, 0.2) is 0 Å². The van der Waals surface area contributed by atoms with Gasteiger partial charge in [-0.3, -0.25) is 20.0 Å². The summed E-state index contributed by atoms with van der Waals surface area (Å²) in [4.78, 5) is 31.2. The Morgan fingerprint density at radius 3 is 2.32 bits per heavy atom. The van der Waals surface area contributed by atoms with E-state index in [4.69, 9.17) is 11.1 Å². The number of halogens is 6. The normalized spacial score (nSPS) is 13.1. The molecule has 2 atom stereocenters. The number of amides is 2. The van der Waals surface area contributed by atoms with Crippen molar-refractivity contribution in [1.29, 1.82) is 5.41 Å². The van der Waals surface area contributed by atoms with Gasteiger partial charge < -0.3 is 16.0 Å². The number of aromatic nitrogens is 1. The Morgan fingerprint density at radius 2 is 1.73 bits per heavy atom. The third-order valence-electron chi connectivity index (χ3n) is 6.66. The molecule has 44 heavy (non-hydrogen) atoms. The molecule has 13 heteroatoms. The molecular weight excluding hydrogens is 588 g/mol. The van der Waals surface area contributed by atoms with Gasteiger partial charge in [0.05, 0.1) is 17.3 Å². The number of primary amides is 1. The maximum atomic E-state index is 14.2. The number of allylic oxidation sites excluding steroid dienone is 1. The highest BCUT2D eigenvalue weighted by molar-refractivity contribution is 5.97. The van der Waals surface area contributed by atoms with Crippen molar-refractivity contribution in [3.8, 4) is 11.1 Å². The molecule has 1 heterocycles. The van der Waals surface area contributed by atoms with Crippen LogP contribution in [0.25, 0.3) is 11.1 Å². The van der Waals surface area contributed by atoms with Crippen molar-refractivity contribution in [2.75, 3.05) is 7.05 Å². The van der Waals surface area contributed by atoms with E-state index in [0.29, 0.717) is 23.3 Å². The van der Waals surface area contributed by atoms with Crippen LogP contribution >= 0.6 is 0 Å². The highest BCUT2D eigenvalue weighted by Gasteiger charge is 2.33. The standard InChI is InChI=1S/C31H31F6N5O2/c1-17(2)11-26(42(3)10-8-27(38)31(35,36)37)30(44)41-25(14-18-12-20(32)16-21(33)13-18)28-22(5-4-9-40-28)19-6-7-24(34)23(15-19)29(39)43/h4-10,12-13,15-17,25-26,38H,11,14H2,1-3H3,(H2,39,43)(H,41,44)/b10-8-,38-27?/t25-,26+/m0/s1. The number of carbonyl (C=O) groups excluding carboxylic acids is 2. The van der Waals surface area contributed by atoms with Crippen molar-refractivity contribution in [3.05, 3.63) is 101 Å². The minimum atomic E-state index is -4.87. The number of nitrogens with two attached hydrogens (primary N) is 1. The molecule has 4 N–H and O–H groups in total.